The first-order valence-corrected chi connectivity index (χ1v) is 7.81. The van der Waals surface area contributed by atoms with Crippen LogP contribution < -0.4 is 5.32 Å². The van der Waals surface area contributed by atoms with E-state index < -0.39 is 0 Å². The molecule has 0 aliphatic carbocycles. The summed E-state index contributed by atoms with van der Waals surface area (Å²) in [6.07, 6.45) is 0. The van der Waals surface area contributed by atoms with Gasteiger partial charge in [-0.1, -0.05) is 6.07 Å². The van der Waals surface area contributed by atoms with Crippen molar-refractivity contribution in [3.05, 3.63) is 45.5 Å². The number of carbonyl (C=O) groups is 1. The Morgan fingerprint density at radius 2 is 2.27 bits per heavy atom. The fourth-order valence-electron chi connectivity index (χ4n) is 2.39. The van der Waals surface area contributed by atoms with Gasteiger partial charge in [-0.05, 0) is 31.4 Å². The number of amides is 1. The number of aromatic nitrogens is 4. The van der Waals surface area contributed by atoms with E-state index in [0.717, 1.165) is 27.5 Å². The van der Waals surface area contributed by atoms with Gasteiger partial charge in [0.25, 0.3) is 5.91 Å². The molecule has 0 fully saturated rings. The van der Waals surface area contributed by atoms with Crippen LogP contribution in [0.2, 0.25) is 0 Å². The molecule has 3 aromatic heterocycles. The van der Waals surface area contributed by atoms with Gasteiger partial charge in [-0.3, -0.25) is 14.6 Å². The molecular formula is C15H17N5OS. The lowest BCUT2D eigenvalue weighted by molar-refractivity contribution is 0.0946. The van der Waals surface area contributed by atoms with E-state index in [2.05, 4.69) is 20.6 Å². The highest BCUT2D eigenvalue weighted by molar-refractivity contribution is 7.09. The van der Waals surface area contributed by atoms with E-state index in [1.165, 1.54) is 0 Å². The molecule has 0 aromatic carbocycles. The van der Waals surface area contributed by atoms with Gasteiger partial charge in [0, 0.05) is 23.2 Å². The molecule has 1 amide bonds. The van der Waals surface area contributed by atoms with Crippen LogP contribution in [0.3, 0.4) is 0 Å². The minimum Gasteiger partial charge on any atom is -0.346 e. The van der Waals surface area contributed by atoms with Crippen molar-refractivity contribution in [2.75, 3.05) is 0 Å². The molecule has 3 aromatic rings. The van der Waals surface area contributed by atoms with E-state index in [1.54, 1.807) is 17.4 Å². The second kappa shape index (κ2) is 5.76. The lowest BCUT2D eigenvalue weighted by atomic mass is 10.1. The Kier molecular flexibility index (Phi) is 3.81. The Labute approximate surface area is 132 Å². The number of aryl methyl sites for hydroxylation is 2. The van der Waals surface area contributed by atoms with E-state index in [-0.39, 0.29) is 5.91 Å². The predicted molar refractivity (Wildman–Crippen MR) is 85.8 cm³/mol. The predicted octanol–water partition coefficient (Wildman–Crippen LogP) is 2.42. The van der Waals surface area contributed by atoms with E-state index in [0.29, 0.717) is 12.2 Å². The third-order valence-corrected chi connectivity index (χ3v) is 4.47. The fourth-order valence-corrected chi connectivity index (χ4v) is 3.03. The molecule has 0 aliphatic rings. The zero-order valence-corrected chi connectivity index (χ0v) is 13.5. The van der Waals surface area contributed by atoms with Crippen LogP contribution in [0.1, 0.15) is 26.8 Å². The first kappa shape index (κ1) is 14.5. The fraction of sp³-hybridized carbons (Fsp3) is 0.267. The molecule has 3 heterocycles. The normalized spacial score (nSPS) is 10.9. The van der Waals surface area contributed by atoms with Crippen molar-refractivity contribution in [3.63, 3.8) is 0 Å². The first-order chi connectivity index (χ1) is 10.6. The van der Waals surface area contributed by atoms with Crippen molar-refractivity contribution in [3.8, 4) is 11.3 Å². The van der Waals surface area contributed by atoms with Crippen LogP contribution in [0.5, 0.6) is 0 Å². The van der Waals surface area contributed by atoms with Crippen molar-refractivity contribution >= 4 is 17.2 Å². The van der Waals surface area contributed by atoms with Gasteiger partial charge in [-0.2, -0.15) is 10.2 Å². The second-order valence-electron chi connectivity index (χ2n) is 5.10. The molecule has 0 aliphatic heterocycles. The molecule has 0 bridgehead atoms. The van der Waals surface area contributed by atoms with E-state index in [4.69, 9.17) is 0 Å². The third kappa shape index (κ3) is 2.67. The van der Waals surface area contributed by atoms with Gasteiger partial charge in [0.05, 0.1) is 17.9 Å². The van der Waals surface area contributed by atoms with Gasteiger partial charge in [0.1, 0.15) is 5.69 Å². The molecule has 114 valence electrons. The van der Waals surface area contributed by atoms with E-state index >= 15 is 0 Å². The maximum Gasteiger partial charge on any atom is 0.269 e. The molecule has 6 nitrogen and oxygen atoms in total. The summed E-state index contributed by atoms with van der Waals surface area (Å²) >= 11 is 1.62. The summed E-state index contributed by atoms with van der Waals surface area (Å²) < 4.78 is 1.82. The molecule has 3 rings (SSSR count). The summed E-state index contributed by atoms with van der Waals surface area (Å²) in [5, 5.41) is 16.3. The van der Waals surface area contributed by atoms with Crippen LogP contribution in [0, 0.1) is 13.8 Å². The molecule has 0 saturated carbocycles. The largest absolute Gasteiger partial charge is 0.346 e. The Morgan fingerprint density at radius 1 is 1.45 bits per heavy atom. The summed E-state index contributed by atoms with van der Waals surface area (Å²) in [6, 6.07) is 5.72. The summed E-state index contributed by atoms with van der Waals surface area (Å²) in [5.41, 5.74) is 4.08. The van der Waals surface area contributed by atoms with Crippen LogP contribution in [0.4, 0.5) is 0 Å². The van der Waals surface area contributed by atoms with Gasteiger partial charge in [0.2, 0.25) is 0 Å². The summed E-state index contributed by atoms with van der Waals surface area (Å²) in [7, 11) is 1.90. The topological polar surface area (TPSA) is 75.6 Å². The monoisotopic (exact) mass is 315 g/mol. The Morgan fingerprint density at radius 3 is 2.91 bits per heavy atom. The Bertz CT molecular complexity index is 800. The molecule has 0 radical (unpaired) electrons. The number of rotatable bonds is 4. The van der Waals surface area contributed by atoms with Gasteiger partial charge in [-0.25, -0.2) is 0 Å². The van der Waals surface area contributed by atoms with E-state index in [9.17, 15) is 4.79 Å². The zero-order chi connectivity index (χ0) is 15.7. The number of carbonyl (C=O) groups excluding carboxylic acids is 1. The van der Waals surface area contributed by atoms with E-state index in [1.807, 2.05) is 43.1 Å². The minimum absolute atomic E-state index is 0.161. The molecule has 0 unspecified atom stereocenters. The van der Waals surface area contributed by atoms with Gasteiger partial charge < -0.3 is 5.32 Å². The average molecular weight is 315 g/mol. The Hall–Kier alpha value is -2.41. The van der Waals surface area contributed by atoms with Crippen LogP contribution >= 0.6 is 11.3 Å². The highest BCUT2D eigenvalue weighted by Gasteiger charge is 2.17. The van der Waals surface area contributed by atoms with Crippen LogP contribution in [-0.4, -0.2) is 25.9 Å². The minimum atomic E-state index is -0.161. The maximum absolute atomic E-state index is 12.2. The molecule has 2 N–H and O–H groups in total. The van der Waals surface area contributed by atoms with Gasteiger partial charge >= 0.3 is 0 Å². The van der Waals surface area contributed by atoms with Gasteiger partial charge in [0.15, 0.2) is 0 Å². The number of hydrogen-bond donors (Lipinski definition) is 2. The SMILES string of the molecule is Cc1nn(C)c(C)c1-c1cc(C(=O)NCc2cccs2)[nH]n1. The average Bonchev–Trinajstić information content (AvgIpc) is 3.19. The third-order valence-electron chi connectivity index (χ3n) is 3.59. The molecule has 22 heavy (non-hydrogen) atoms. The maximum atomic E-state index is 12.2. The van der Waals surface area contributed by atoms with Crippen molar-refractivity contribution < 1.29 is 4.79 Å². The molecular weight excluding hydrogens is 298 g/mol. The van der Waals surface area contributed by atoms with Crippen LogP contribution in [0.15, 0.2) is 23.6 Å². The van der Waals surface area contributed by atoms with Crippen molar-refractivity contribution in [2.45, 2.75) is 20.4 Å². The molecule has 0 atom stereocenters. The van der Waals surface area contributed by atoms with Gasteiger partial charge in [-0.15, -0.1) is 11.3 Å². The van der Waals surface area contributed by atoms with Crippen molar-refractivity contribution in [2.24, 2.45) is 7.05 Å². The summed E-state index contributed by atoms with van der Waals surface area (Å²) in [4.78, 5) is 13.3. The quantitative estimate of drug-likeness (QED) is 0.776. The lowest BCUT2D eigenvalue weighted by Crippen LogP contribution is -2.22. The van der Waals surface area contributed by atoms with Crippen LogP contribution in [-0.2, 0) is 13.6 Å². The highest BCUT2D eigenvalue weighted by atomic mass is 32.1. The Balaban J connectivity index is 1.77. The highest BCUT2D eigenvalue weighted by Crippen LogP contribution is 2.25. The number of H-pyrrole nitrogens is 1. The molecule has 7 heteroatoms. The smallest absolute Gasteiger partial charge is 0.269 e. The molecule has 0 saturated heterocycles. The number of aromatic amines is 1. The first-order valence-electron chi connectivity index (χ1n) is 6.93. The summed E-state index contributed by atoms with van der Waals surface area (Å²) in [6.45, 7) is 4.45. The second-order valence-corrected chi connectivity index (χ2v) is 6.13. The van der Waals surface area contributed by atoms with Crippen LogP contribution in [0.25, 0.3) is 11.3 Å². The number of hydrogen-bond acceptors (Lipinski definition) is 4. The lowest BCUT2D eigenvalue weighted by Gasteiger charge is -2.00. The number of nitrogens with one attached hydrogen (secondary N) is 2. The zero-order valence-electron chi connectivity index (χ0n) is 12.7. The standard InChI is InChI=1S/C15H17N5OS/c1-9-14(10(2)20(3)19-9)12-7-13(18-17-12)15(21)16-8-11-5-4-6-22-11/h4-7H,8H2,1-3H3,(H,16,21)(H,17,18). The van der Waals surface area contributed by atoms with Crippen molar-refractivity contribution in [1.29, 1.82) is 0 Å². The number of nitrogens with zero attached hydrogens (tertiary/aromatic N) is 3. The van der Waals surface area contributed by atoms with Crippen molar-refractivity contribution in [1.82, 2.24) is 25.3 Å². The number of thiophene rings is 1. The summed E-state index contributed by atoms with van der Waals surface area (Å²) in [5.74, 6) is -0.161. The molecule has 0 spiro atoms.